The second kappa shape index (κ2) is 5.96. The van der Waals surface area contributed by atoms with Crippen LogP contribution in [0.4, 0.5) is 5.69 Å². The molecule has 106 valence electrons. The Labute approximate surface area is 119 Å². The first-order valence-corrected chi connectivity index (χ1v) is 6.97. The van der Waals surface area contributed by atoms with Crippen LogP contribution in [0.1, 0.15) is 38.7 Å². The van der Waals surface area contributed by atoms with Gasteiger partial charge < -0.3 is 10.1 Å². The van der Waals surface area contributed by atoms with Crippen molar-refractivity contribution in [1.29, 1.82) is 5.26 Å². The lowest BCUT2D eigenvalue weighted by Crippen LogP contribution is -2.18. The summed E-state index contributed by atoms with van der Waals surface area (Å²) in [6, 6.07) is 8.10. The van der Waals surface area contributed by atoms with Gasteiger partial charge in [-0.05, 0) is 44.7 Å². The zero-order chi connectivity index (χ0) is 14.6. The molecule has 0 saturated carbocycles. The maximum atomic E-state index is 11.4. The quantitative estimate of drug-likeness (QED) is 0.837. The molecule has 1 amide bonds. The molecule has 2 rings (SSSR count). The van der Waals surface area contributed by atoms with E-state index in [1.54, 1.807) is 0 Å². The molecular formula is C16H20N2O2. The fourth-order valence-electron chi connectivity index (χ4n) is 2.20. The largest absolute Gasteiger partial charge is 0.494 e. The smallest absolute Gasteiger partial charge is 0.224 e. The number of nitriles is 1. The van der Waals surface area contributed by atoms with Crippen molar-refractivity contribution in [2.24, 2.45) is 5.41 Å². The number of nitrogens with zero attached hydrogens (tertiary/aromatic N) is 1. The van der Waals surface area contributed by atoms with Crippen molar-refractivity contribution in [2.75, 3.05) is 11.9 Å². The summed E-state index contributed by atoms with van der Waals surface area (Å²) in [5, 5.41) is 11.8. The van der Waals surface area contributed by atoms with Crippen LogP contribution in [0.2, 0.25) is 0 Å². The SMILES string of the molecule is CC(C)(C#N)CCCOc1ccc2c(c1)NC(=O)CC2. The minimum atomic E-state index is -0.298. The average Bonchev–Trinajstić information content (AvgIpc) is 2.43. The Bertz CT molecular complexity index is 544. The summed E-state index contributed by atoms with van der Waals surface area (Å²) in [4.78, 5) is 11.4. The average molecular weight is 272 g/mol. The number of hydrogen-bond donors (Lipinski definition) is 1. The molecule has 0 spiro atoms. The minimum Gasteiger partial charge on any atom is -0.494 e. The number of rotatable bonds is 5. The van der Waals surface area contributed by atoms with E-state index in [0.717, 1.165) is 36.3 Å². The Hall–Kier alpha value is -2.02. The van der Waals surface area contributed by atoms with E-state index < -0.39 is 0 Å². The van der Waals surface area contributed by atoms with Crippen molar-refractivity contribution in [3.8, 4) is 11.8 Å². The summed E-state index contributed by atoms with van der Waals surface area (Å²) >= 11 is 0. The first kappa shape index (κ1) is 14.4. The number of carbonyl (C=O) groups is 1. The van der Waals surface area contributed by atoms with E-state index >= 15 is 0 Å². The highest BCUT2D eigenvalue weighted by atomic mass is 16.5. The number of ether oxygens (including phenoxy) is 1. The molecule has 1 N–H and O–H groups in total. The Morgan fingerprint density at radius 2 is 2.20 bits per heavy atom. The molecule has 1 heterocycles. The first-order valence-electron chi connectivity index (χ1n) is 6.97. The highest BCUT2D eigenvalue weighted by molar-refractivity contribution is 5.94. The predicted octanol–water partition coefficient (Wildman–Crippen LogP) is 3.28. The van der Waals surface area contributed by atoms with Gasteiger partial charge in [0.2, 0.25) is 5.91 Å². The number of hydrogen-bond acceptors (Lipinski definition) is 3. The predicted molar refractivity (Wildman–Crippen MR) is 77.5 cm³/mol. The van der Waals surface area contributed by atoms with Crippen molar-refractivity contribution in [3.63, 3.8) is 0 Å². The van der Waals surface area contributed by atoms with Crippen molar-refractivity contribution in [3.05, 3.63) is 23.8 Å². The molecule has 1 aliphatic heterocycles. The van der Waals surface area contributed by atoms with Crippen LogP contribution in [0, 0.1) is 16.7 Å². The molecule has 4 heteroatoms. The first-order chi connectivity index (χ1) is 9.50. The number of nitrogens with one attached hydrogen (secondary N) is 1. The highest BCUT2D eigenvalue weighted by Gasteiger charge is 2.17. The number of benzene rings is 1. The van der Waals surface area contributed by atoms with E-state index in [9.17, 15) is 4.79 Å². The van der Waals surface area contributed by atoms with Crippen LogP contribution in [0.15, 0.2) is 18.2 Å². The van der Waals surface area contributed by atoms with Gasteiger partial charge in [0.15, 0.2) is 0 Å². The van der Waals surface area contributed by atoms with Gasteiger partial charge in [-0.25, -0.2) is 0 Å². The van der Waals surface area contributed by atoms with Gasteiger partial charge in [0.05, 0.1) is 18.1 Å². The van der Waals surface area contributed by atoms with Gasteiger partial charge in [-0.2, -0.15) is 5.26 Å². The minimum absolute atomic E-state index is 0.0606. The van der Waals surface area contributed by atoms with Crippen LogP contribution in [0.5, 0.6) is 5.75 Å². The van der Waals surface area contributed by atoms with E-state index in [-0.39, 0.29) is 11.3 Å². The molecular weight excluding hydrogens is 252 g/mol. The Kier molecular flexibility index (Phi) is 4.29. The molecule has 1 aromatic carbocycles. The summed E-state index contributed by atoms with van der Waals surface area (Å²) in [6.45, 7) is 4.45. The fourth-order valence-corrected chi connectivity index (χ4v) is 2.20. The van der Waals surface area contributed by atoms with Crippen LogP contribution in [-0.4, -0.2) is 12.5 Å². The molecule has 20 heavy (non-hydrogen) atoms. The van der Waals surface area contributed by atoms with Gasteiger partial charge in [-0.1, -0.05) is 6.07 Å². The molecule has 1 aliphatic rings. The monoisotopic (exact) mass is 272 g/mol. The summed E-state index contributed by atoms with van der Waals surface area (Å²) in [5.74, 6) is 0.825. The fraction of sp³-hybridized carbons (Fsp3) is 0.500. The lowest BCUT2D eigenvalue weighted by atomic mass is 9.90. The molecule has 0 saturated heterocycles. The molecule has 0 atom stereocenters. The summed E-state index contributed by atoms with van der Waals surface area (Å²) in [6.07, 6.45) is 2.99. The number of fused-ring (bicyclic) bond motifs is 1. The van der Waals surface area contributed by atoms with Gasteiger partial charge in [0, 0.05) is 18.2 Å². The zero-order valence-corrected chi connectivity index (χ0v) is 12.0. The highest BCUT2D eigenvalue weighted by Crippen LogP contribution is 2.27. The molecule has 0 aromatic heterocycles. The third-order valence-corrected chi connectivity index (χ3v) is 3.49. The zero-order valence-electron chi connectivity index (χ0n) is 12.0. The molecule has 1 aromatic rings. The topological polar surface area (TPSA) is 62.1 Å². The molecule has 0 fully saturated rings. The van der Waals surface area contributed by atoms with Crippen LogP contribution >= 0.6 is 0 Å². The summed E-state index contributed by atoms with van der Waals surface area (Å²) < 4.78 is 5.69. The number of amides is 1. The van der Waals surface area contributed by atoms with E-state index in [2.05, 4.69) is 11.4 Å². The van der Waals surface area contributed by atoms with E-state index in [4.69, 9.17) is 10.00 Å². The van der Waals surface area contributed by atoms with Gasteiger partial charge in [0.25, 0.3) is 0 Å². The van der Waals surface area contributed by atoms with Crippen molar-refractivity contribution >= 4 is 11.6 Å². The Morgan fingerprint density at radius 3 is 2.95 bits per heavy atom. The Morgan fingerprint density at radius 1 is 1.40 bits per heavy atom. The van der Waals surface area contributed by atoms with E-state index in [0.29, 0.717) is 13.0 Å². The lowest BCUT2D eigenvalue weighted by molar-refractivity contribution is -0.116. The van der Waals surface area contributed by atoms with Crippen LogP contribution < -0.4 is 10.1 Å². The van der Waals surface area contributed by atoms with Crippen LogP contribution in [0.3, 0.4) is 0 Å². The van der Waals surface area contributed by atoms with Crippen LogP contribution in [0.25, 0.3) is 0 Å². The summed E-state index contributed by atoms with van der Waals surface area (Å²) in [7, 11) is 0. The second-order valence-corrected chi connectivity index (χ2v) is 5.81. The van der Waals surface area contributed by atoms with Gasteiger partial charge in [-0.15, -0.1) is 0 Å². The number of anilines is 1. The maximum absolute atomic E-state index is 11.4. The van der Waals surface area contributed by atoms with E-state index in [1.165, 1.54) is 0 Å². The maximum Gasteiger partial charge on any atom is 0.224 e. The summed E-state index contributed by atoms with van der Waals surface area (Å²) in [5.41, 5.74) is 1.71. The molecule has 4 nitrogen and oxygen atoms in total. The second-order valence-electron chi connectivity index (χ2n) is 5.81. The molecule has 0 bridgehead atoms. The van der Waals surface area contributed by atoms with Gasteiger partial charge >= 0.3 is 0 Å². The molecule has 0 unspecified atom stereocenters. The third-order valence-electron chi connectivity index (χ3n) is 3.49. The van der Waals surface area contributed by atoms with Crippen molar-refractivity contribution in [2.45, 2.75) is 39.5 Å². The molecule has 0 radical (unpaired) electrons. The van der Waals surface area contributed by atoms with Gasteiger partial charge in [-0.3, -0.25) is 4.79 Å². The molecule has 0 aliphatic carbocycles. The third kappa shape index (κ3) is 3.74. The number of aryl methyl sites for hydroxylation is 1. The van der Waals surface area contributed by atoms with Crippen LogP contribution in [-0.2, 0) is 11.2 Å². The Balaban J connectivity index is 1.87. The van der Waals surface area contributed by atoms with E-state index in [1.807, 2.05) is 32.0 Å². The standard InChI is InChI=1S/C16H20N2O2/c1-16(2,11-17)8-3-9-20-13-6-4-12-5-7-15(19)18-14(12)10-13/h4,6,10H,3,5,7-9H2,1-2H3,(H,18,19). The van der Waals surface area contributed by atoms with Crippen molar-refractivity contribution in [1.82, 2.24) is 0 Å². The number of carbonyl (C=O) groups excluding carboxylic acids is 1. The van der Waals surface area contributed by atoms with Crippen molar-refractivity contribution < 1.29 is 9.53 Å². The van der Waals surface area contributed by atoms with Gasteiger partial charge in [0.1, 0.15) is 5.75 Å². The lowest BCUT2D eigenvalue weighted by Gasteiger charge is -2.18. The normalized spacial score (nSPS) is 14.2.